The van der Waals surface area contributed by atoms with E-state index in [0.717, 1.165) is 5.75 Å². The van der Waals surface area contributed by atoms with Gasteiger partial charge in [0.15, 0.2) is 0 Å². The Morgan fingerprint density at radius 3 is 2.46 bits per heavy atom. The molecule has 69 valence electrons. The van der Waals surface area contributed by atoms with Crippen molar-refractivity contribution >= 4 is 11.8 Å². The first-order valence-corrected chi connectivity index (χ1v) is 3.63. The smallest absolute Gasteiger partial charge is 0.411 e. The summed E-state index contributed by atoms with van der Waals surface area (Å²) in [5.74, 6) is 0.730. The summed E-state index contributed by atoms with van der Waals surface area (Å²) in [6, 6.07) is 6.88. The maximum Gasteiger partial charge on any atom is 0.411 e. The molecule has 0 aliphatic heterocycles. The minimum Gasteiger partial charge on any atom is -0.497 e. The van der Waals surface area contributed by atoms with Gasteiger partial charge in [-0.2, -0.15) is 0 Å². The van der Waals surface area contributed by atoms with Crippen molar-refractivity contribution in [3.63, 3.8) is 0 Å². The van der Waals surface area contributed by atoms with Crippen molar-refractivity contribution < 1.29 is 14.3 Å². The molecule has 0 saturated carbocycles. The highest BCUT2D eigenvalue weighted by Gasteiger charge is 1.99. The molecule has 4 nitrogen and oxygen atoms in total. The Morgan fingerprint density at radius 1 is 1.38 bits per heavy atom. The highest BCUT2D eigenvalue weighted by atomic mass is 16.5. The van der Waals surface area contributed by atoms with Crippen LogP contribution in [0.2, 0.25) is 0 Å². The third kappa shape index (κ3) is 2.66. The predicted molar refractivity (Wildman–Crippen MR) is 48.5 cm³/mol. The van der Waals surface area contributed by atoms with Crippen molar-refractivity contribution in [2.24, 2.45) is 0 Å². The van der Waals surface area contributed by atoms with E-state index in [1.807, 2.05) is 0 Å². The van der Waals surface area contributed by atoms with Gasteiger partial charge in [0.1, 0.15) is 12.9 Å². The molecule has 0 saturated heterocycles. The van der Waals surface area contributed by atoms with Crippen molar-refractivity contribution in [2.75, 3.05) is 12.4 Å². The maximum absolute atomic E-state index is 10.7. The van der Waals surface area contributed by atoms with Crippen molar-refractivity contribution in [3.05, 3.63) is 31.4 Å². The van der Waals surface area contributed by atoms with Crippen LogP contribution in [0.15, 0.2) is 24.3 Å². The third-order valence-electron chi connectivity index (χ3n) is 1.47. The zero-order valence-electron chi connectivity index (χ0n) is 7.24. The minimum absolute atomic E-state index is 0.592. The summed E-state index contributed by atoms with van der Waals surface area (Å²) in [7, 11) is 4.55. The summed E-state index contributed by atoms with van der Waals surface area (Å²) < 4.78 is 9.12. The number of anilines is 1. The number of ether oxygens (including phenoxy) is 2. The highest BCUT2D eigenvalue weighted by molar-refractivity contribution is 5.84. The third-order valence-corrected chi connectivity index (χ3v) is 1.47. The first-order chi connectivity index (χ1) is 6.26. The van der Waals surface area contributed by atoms with Gasteiger partial charge in [-0.15, -0.1) is 0 Å². The molecule has 1 aromatic rings. The molecular weight excluding hydrogens is 170 g/mol. The second kappa shape index (κ2) is 4.35. The van der Waals surface area contributed by atoms with Crippen LogP contribution in [0.5, 0.6) is 5.75 Å². The minimum atomic E-state index is -0.592. The molecule has 0 atom stereocenters. The van der Waals surface area contributed by atoms with Gasteiger partial charge in [-0.25, -0.2) is 4.79 Å². The summed E-state index contributed by atoms with van der Waals surface area (Å²) in [4.78, 5) is 10.7. The number of amides is 1. The molecule has 0 heterocycles. The number of benzene rings is 1. The fourth-order valence-electron chi connectivity index (χ4n) is 0.828. The van der Waals surface area contributed by atoms with Gasteiger partial charge in [-0.3, -0.25) is 5.32 Å². The summed E-state index contributed by atoms with van der Waals surface area (Å²) in [5, 5.41) is 2.46. The second-order valence-electron chi connectivity index (χ2n) is 2.29. The molecule has 0 unspecified atom stereocenters. The van der Waals surface area contributed by atoms with Crippen LogP contribution in [0.4, 0.5) is 10.5 Å². The van der Waals surface area contributed by atoms with Gasteiger partial charge in [0.2, 0.25) is 0 Å². The van der Waals surface area contributed by atoms with E-state index in [4.69, 9.17) is 4.74 Å². The van der Waals surface area contributed by atoms with Gasteiger partial charge in [0.25, 0.3) is 0 Å². The highest BCUT2D eigenvalue weighted by Crippen LogP contribution is 2.14. The van der Waals surface area contributed by atoms with Crippen LogP contribution in [0, 0.1) is 7.11 Å². The Hall–Kier alpha value is -1.71. The van der Waals surface area contributed by atoms with Gasteiger partial charge in [0.05, 0.1) is 7.11 Å². The molecule has 0 aromatic heterocycles. The molecule has 4 heteroatoms. The van der Waals surface area contributed by atoms with Gasteiger partial charge < -0.3 is 9.47 Å². The number of nitrogens with one attached hydrogen (secondary N) is 1. The van der Waals surface area contributed by atoms with Crippen LogP contribution in [0.3, 0.4) is 0 Å². The van der Waals surface area contributed by atoms with Gasteiger partial charge in [-0.1, -0.05) is 0 Å². The number of rotatable bonds is 2. The van der Waals surface area contributed by atoms with Crippen LogP contribution < -0.4 is 10.1 Å². The Bertz CT molecular complexity index is 281. The molecule has 1 radical (unpaired) electrons. The Labute approximate surface area is 76.5 Å². The molecule has 1 rings (SSSR count). The lowest BCUT2D eigenvalue weighted by Crippen LogP contribution is -2.09. The average molecular weight is 180 g/mol. The van der Waals surface area contributed by atoms with Crippen molar-refractivity contribution in [1.82, 2.24) is 0 Å². The number of methoxy groups -OCH3 is 1. The Kier molecular flexibility index (Phi) is 3.14. The Morgan fingerprint density at radius 2 is 2.00 bits per heavy atom. The molecule has 1 N–H and O–H groups in total. The zero-order valence-corrected chi connectivity index (χ0v) is 7.24. The van der Waals surface area contributed by atoms with Crippen LogP contribution in [0.25, 0.3) is 0 Å². The first-order valence-electron chi connectivity index (χ1n) is 3.63. The molecule has 1 amide bonds. The topological polar surface area (TPSA) is 47.6 Å². The number of hydrogen-bond donors (Lipinski definition) is 1. The second-order valence-corrected chi connectivity index (χ2v) is 2.29. The fraction of sp³-hybridized carbons (Fsp3) is 0.111. The lowest BCUT2D eigenvalue weighted by molar-refractivity contribution is 0.199. The van der Waals surface area contributed by atoms with E-state index in [1.165, 1.54) is 0 Å². The molecule has 0 aliphatic carbocycles. The summed E-state index contributed by atoms with van der Waals surface area (Å²) in [5.41, 5.74) is 0.634. The van der Waals surface area contributed by atoms with E-state index in [9.17, 15) is 4.79 Å². The molecule has 0 bridgehead atoms. The standard InChI is InChI=1S/C9H10NO3/c1-12-8-5-3-7(4-6-8)10-9(11)13-2/h3-6H,2H2,1H3,(H,10,11). The molecule has 1 aromatic carbocycles. The number of carbonyl (C=O) groups is 1. The van der Waals surface area contributed by atoms with E-state index >= 15 is 0 Å². The molecule has 0 spiro atoms. The fourth-order valence-corrected chi connectivity index (χ4v) is 0.828. The molecule has 13 heavy (non-hydrogen) atoms. The van der Waals surface area contributed by atoms with E-state index < -0.39 is 6.09 Å². The molecular formula is C9H10NO3. The summed E-state index contributed by atoms with van der Waals surface area (Å²) in [6.45, 7) is 0. The van der Waals surface area contributed by atoms with Gasteiger partial charge in [0, 0.05) is 5.69 Å². The first kappa shape index (κ1) is 9.38. The van der Waals surface area contributed by atoms with Crippen molar-refractivity contribution in [1.29, 1.82) is 0 Å². The average Bonchev–Trinajstić information content (AvgIpc) is 2.19. The monoisotopic (exact) mass is 180 g/mol. The zero-order chi connectivity index (χ0) is 9.68. The Balaban J connectivity index is 2.64. The van der Waals surface area contributed by atoms with Crippen LogP contribution in [0.1, 0.15) is 0 Å². The maximum atomic E-state index is 10.7. The van der Waals surface area contributed by atoms with Crippen LogP contribution >= 0.6 is 0 Å². The van der Waals surface area contributed by atoms with Gasteiger partial charge in [-0.05, 0) is 24.3 Å². The summed E-state index contributed by atoms with van der Waals surface area (Å²) in [6.07, 6.45) is -0.592. The van der Waals surface area contributed by atoms with Crippen LogP contribution in [-0.4, -0.2) is 13.2 Å². The SMILES string of the molecule is [CH2]OC(=O)Nc1ccc(OC)cc1. The van der Waals surface area contributed by atoms with E-state index in [-0.39, 0.29) is 0 Å². The quantitative estimate of drug-likeness (QED) is 0.757. The van der Waals surface area contributed by atoms with E-state index in [0.29, 0.717) is 5.69 Å². The van der Waals surface area contributed by atoms with Gasteiger partial charge >= 0.3 is 6.09 Å². The number of carbonyl (C=O) groups excluding carboxylic acids is 1. The van der Waals surface area contributed by atoms with E-state index in [1.54, 1.807) is 31.4 Å². The lowest BCUT2D eigenvalue weighted by atomic mass is 10.3. The normalized spacial score (nSPS) is 9.08. The lowest BCUT2D eigenvalue weighted by Gasteiger charge is -2.03. The van der Waals surface area contributed by atoms with Crippen molar-refractivity contribution in [3.8, 4) is 5.75 Å². The largest absolute Gasteiger partial charge is 0.497 e. The van der Waals surface area contributed by atoms with Crippen molar-refractivity contribution in [2.45, 2.75) is 0 Å². The molecule has 0 aliphatic rings. The number of hydrogen-bond acceptors (Lipinski definition) is 3. The molecule has 0 fully saturated rings. The summed E-state index contributed by atoms with van der Waals surface area (Å²) >= 11 is 0. The van der Waals surface area contributed by atoms with Crippen LogP contribution in [-0.2, 0) is 4.74 Å². The predicted octanol–water partition coefficient (Wildman–Crippen LogP) is 2.04. The van der Waals surface area contributed by atoms with E-state index in [2.05, 4.69) is 17.2 Å².